The number of rotatable bonds is 4. The van der Waals surface area contributed by atoms with E-state index in [1.54, 1.807) is 11.9 Å². The minimum Gasteiger partial charge on any atom is -0.345 e. The summed E-state index contributed by atoms with van der Waals surface area (Å²) in [4.78, 5) is 26.4. The molecule has 0 radical (unpaired) electrons. The summed E-state index contributed by atoms with van der Waals surface area (Å²) < 4.78 is 0. The van der Waals surface area contributed by atoms with Crippen molar-refractivity contribution < 1.29 is 9.59 Å². The SMILES string of the molecule is CN1CC(C(=O)NC(c2ccccc2)c2cccc3ccccc23)CC1=O. The molecule has 27 heavy (non-hydrogen) atoms. The van der Waals surface area contributed by atoms with Gasteiger partial charge in [-0.1, -0.05) is 72.8 Å². The van der Waals surface area contributed by atoms with Crippen molar-refractivity contribution in [2.24, 2.45) is 5.92 Å². The summed E-state index contributed by atoms with van der Waals surface area (Å²) in [5.74, 6) is -0.352. The van der Waals surface area contributed by atoms with Gasteiger partial charge in [0.15, 0.2) is 0 Å². The summed E-state index contributed by atoms with van der Waals surface area (Å²) in [7, 11) is 1.75. The highest BCUT2D eigenvalue weighted by Gasteiger charge is 2.33. The highest BCUT2D eigenvalue weighted by molar-refractivity contribution is 5.91. The van der Waals surface area contributed by atoms with E-state index in [0.29, 0.717) is 6.54 Å². The van der Waals surface area contributed by atoms with Crippen LogP contribution in [-0.4, -0.2) is 30.3 Å². The number of hydrogen-bond acceptors (Lipinski definition) is 2. The summed E-state index contributed by atoms with van der Waals surface area (Å²) in [6, 6.07) is 24.1. The number of nitrogens with one attached hydrogen (secondary N) is 1. The standard InChI is InChI=1S/C23H22N2O2/c1-25-15-18(14-21(25)26)23(27)24-22(17-9-3-2-4-10-17)20-13-7-11-16-8-5-6-12-19(16)20/h2-13,18,22H,14-15H2,1H3,(H,24,27). The Morgan fingerprint density at radius 3 is 2.44 bits per heavy atom. The molecule has 0 aliphatic carbocycles. The van der Waals surface area contributed by atoms with E-state index in [0.717, 1.165) is 21.9 Å². The first kappa shape index (κ1) is 17.3. The molecule has 3 aromatic rings. The van der Waals surface area contributed by atoms with Crippen molar-refractivity contribution >= 4 is 22.6 Å². The molecule has 0 bridgehead atoms. The van der Waals surface area contributed by atoms with Crippen LogP contribution in [0.15, 0.2) is 72.8 Å². The number of amides is 2. The van der Waals surface area contributed by atoms with E-state index in [2.05, 4.69) is 29.6 Å². The molecule has 1 aliphatic heterocycles. The summed E-state index contributed by atoms with van der Waals surface area (Å²) in [6.07, 6.45) is 0.277. The van der Waals surface area contributed by atoms with Gasteiger partial charge in [-0.3, -0.25) is 9.59 Å². The quantitative estimate of drug-likeness (QED) is 0.776. The Kier molecular flexibility index (Phi) is 4.63. The molecule has 2 atom stereocenters. The van der Waals surface area contributed by atoms with Crippen molar-refractivity contribution in [3.63, 3.8) is 0 Å². The van der Waals surface area contributed by atoms with Crippen molar-refractivity contribution in [1.29, 1.82) is 0 Å². The van der Waals surface area contributed by atoms with Crippen LogP contribution in [0.2, 0.25) is 0 Å². The van der Waals surface area contributed by atoms with Crippen molar-refractivity contribution in [3.8, 4) is 0 Å². The van der Waals surface area contributed by atoms with Crippen LogP contribution in [0.4, 0.5) is 0 Å². The number of carbonyl (C=O) groups is 2. The Labute approximate surface area is 158 Å². The van der Waals surface area contributed by atoms with Crippen LogP contribution in [0.5, 0.6) is 0 Å². The molecule has 1 saturated heterocycles. The van der Waals surface area contributed by atoms with Gasteiger partial charge in [-0.2, -0.15) is 0 Å². The van der Waals surface area contributed by atoms with Gasteiger partial charge in [-0.05, 0) is 21.9 Å². The Balaban J connectivity index is 1.72. The van der Waals surface area contributed by atoms with E-state index in [-0.39, 0.29) is 30.2 Å². The van der Waals surface area contributed by atoms with Gasteiger partial charge in [-0.15, -0.1) is 0 Å². The molecular formula is C23H22N2O2. The zero-order valence-corrected chi connectivity index (χ0v) is 15.3. The van der Waals surface area contributed by atoms with Crippen LogP contribution in [0.1, 0.15) is 23.6 Å². The second kappa shape index (κ2) is 7.23. The lowest BCUT2D eigenvalue weighted by Gasteiger charge is -2.23. The second-order valence-electron chi connectivity index (χ2n) is 7.10. The summed E-state index contributed by atoms with van der Waals surface area (Å²) in [6.45, 7) is 0.474. The van der Waals surface area contributed by atoms with Crippen molar-refractivity contribution in [2.45, 2.75) is 12.5 Å². The third-order valence-corrected chi connectivity index (χ3v) is 5.27. The van der Waals surface area contributed by atoms with Crippen LogP contribution in [0.3, 0.4) is 0 Å². The van der Waals surface area contributed by atoms with Gasteiger partial charge in [-0.25, -0.2) is 0 Å². The van der Waals surface area contributed by atoms with E-state index in [1.807, 2.05) is 48.5 Å². The van der Waals surface area contributed by atoms with Crippen molar-refractivity contribution in [3.05, 3.63) is 83.9 Å². The molecular weight excluding hydrogens is 336 g/mol. The van der Waals surface area contributed by atoms with Gasteiger partial charge in [0.25, 0.3) is 0 Å². The third-order valence-electron chi connectivity index (χ3n) is 5.27. The van der Waals surface area contributed by atoms with Gasteiger partial charge < -0.3 is 10.2 Å². The zero-order valence-electron chi connectivity index (χ0n) is 15.3. The Bertz CT molecular complexity index is 979. The van der Waals surface area contributed by atoms with E-state index in [4.69, 9.17) is 0 Å². The first-order valence-corrected chi connectivity index (χ1v) is 9.20. The van der Waals surface area contributed by atoms with Gasteiger partial charge in [0.2, 0.25) is 11.8 Å². The van der Waals surface area contributed by atoms with Gasteiger partial charge in [0, 0.05) is 20.0 Å². The molecule has 4 heteroatoms. The molecule has 1 heterocycles. The zero-order chi connectivity index (χ0) is 18.8. The molecule has 3 aromatic carbocycles. The first-order valence-electron chi connectivity index (χ1n) is 9.20. The molecule has 0 spiro atoms. The van der Waals surface area contributed by atoms with E-state index in [1.165, 1.54) is 0 Å². The number of fused-ring (bicyclic) bond motifs is 1. The maximum Gasteiger partial charge on any atom is 0.226 e. The topological polar surface area (TPSA) is 49.4 Å². The van der Waals surface area contributed by atoms with Crippen LogP contribution >= 0.6 is 0 Å². The molecule has 1 fully saturated rings. The maximum atomic E-state index is 12.9. The van der Waals surface area contributed by atoms with Crippen LogP contribution < -0.4 is 5.32 Å². The molecule has 2 unspecified atom stereocenters. The summed E-state index contributed by atoms with van der Waals surface area (Å²) in [5.41, 5.74) is 2.09. The second-order valence-corrected chi connectivity index (χ2v) is 7.10. The van der Waals surface area contributed by atoms with Gasteiger partial charge in [0.05, 0.1) is 12.0 Å². The number of hydrogen-bond donors (Lipinski definition) is 1. The fraction of sp³-hybridized carbons (Fsp3) is 0.217. The van der Waals surface area contributed by atoms with E-state index < -0.39 is 0 Å². The lowest BCUT2D eigenvalue weighted by molar-refractivity contribution is -0.128. The Morgan fingerprint density at radius 1 is 1.00 bits per heavy atom. The molecule has 136 valence electrons. The molecule has 1 aliphatic rings. The average Bonchev–Trinajstić information content (AvgIpc) is 3.05. The normalized spacial score (nSPS) is 17.9. The van der Waals surface area contributed by atoms with E-state index in [9.17, 15) is 9.59 Å². The largest absolute Gasteiger partial charge is 0.345 e. The minimum absolute atomic E-state index is 0.0246. The van der Waals surface area contributed by atoms with Crippen LogP contribution in [-0.2, 0) is 9.59 Å². The fourth-order valence-corrected chi connectivity index (χ4v) is 3.79. The monoisotopic (exact) mass is 358 g/mol. The summed E-state index contributed by atoms with van der Waals surface area (Å²) in [5, 5.41) is 5.47. The van der Waals surface area contributed by atoms with Gasteiger partial charge in [0.1, 0.15) is 0 Å². The molecule has 1 N–H and O–H groups in total. The van der Waals surface area contributed by atoms with Crippen molar-refractivity contribution in [1.82, 2.24) is 10.2 Å². The molecule has 0 saturated carbocycles. The molecule has 4 nitrogen and oxygen atoms in total. The lowest BCUT2D eigenvalue weighted by Crippen LogP contribution is -2.35. The number of likely N-dealkylation sites (tertiary alicyclic amines) is 1. The highest BCUT2D eigenvalue weighted by Crippen LogP contribution is 2.30. The average molecular weight is 358 g/mol. The number of nitrogens with zero attached hydrogens (tertiary/aromatic N) is 1. The van der Waals surface area contributed by atoms with Gasteiger partial charge >= 0.3 is 0 Å². The highest BCUT2D eigenvalue weighted by atomic mass is 16.2. The van der Waals surface area contributed by atoms with Crippen molar-refractivity contribution in [2.75, 3.05) is 13.6 Å². The minimum atomic E-state index is -0.302. The lowest BCUT2D eigenvalue weighted by atomic mass is 9.93. The van der Waals surface area contributed by atoms with Crippen LogP contribution in [0.25, 0.3) is 10.8 Å². The van der Waals surface area contributed by atoms with E-state index >= 15 is 0 Å². The number of carbonyl (C=O) groups excluding carboxylic acids is 2. The Morgan fingerprint density at radius 2 is 1.70 bits per heavy atom. The first-order chi connectivity index (χ1) is 13.1. The number of benzene rings is 3. The molecule has 0 aromatic heterocycles. The summed E-state index contributed by atoms with van der Waals surface area (Å²) >= 11 is 0. The molecule has 4 rings (SSSR count). The smallest absolute Gasteiger partial charge is 0.226 e. The third kappa shape index (κ3) is 3.43. The molecule has 2 amide bonds. The predicted molar refractivity (Wildman–Crippen MR) is 106 cm³/mol. The predicted octanol–water partition coefficient (Wildman–Crippen LogP) is 3.52. The maximum absolute atomic E-state index is 12.9. The fourth-order valence-electron chi connectivity index (χ4n) is 3.79. The Hall–Kier alpha value is -3.14. The van der Waals surface area contributed by atoms with Crippen LogP contribution in [0, 0.1) is 5.92 Å².